The predicted molar refractivity (Wildman–Crippen MR) is 142 cm³/mol. The predicted octanol–water partition coefficient (Wildman–Crippen LogP) is 4.65. The van der Waals surface area contributed by atoms with Crippen molar-refractivity contribution < 1.29 is 31.5 Å². The summed E-state index contributed by atoms with van der Waals surface area (Å²) in [6.07, 6.45) is 2.60. The van der Waals surface area contributed by atoms with Gasteiger partial charge in [-0.05, 0) is 35.9 Å². The van der Waals surface area contributed by atoms with Crippen LogP contribution >= 0.6 is 0 Å². The van der Waals surface area contributed by atoms with Gasteiger partial charge in [-0.3, -0.25) is 14.1 Å². The van der Waals surface area contributed by atoms with Crippen molar-refractivity contribution in [2.24, 2.45) is 0 Å². The van der Waals surface area contributed by atoms with E-state index >= 15 is 0 Å². The highest BCUT2D eigenvalue weighted by atomic mass is 32.2. The molecule has 5 rings (SSSR count). The summed E-state index contributed by atoms with van der Waals surface area (Å²) >= 11 is 0. The van der Waals surface area contributed by atoms with Gasteiger partial charge in [0, 0.05) is 48.9 Å². The van der Waals surface area contributed by atoms with Gasteiger partial charge in [0.15, 0.2) is 5.75 Å². The first-order valence-electron chi connectivity index (χ1n) is 11.9. The van der Waals surface area contributed by atoms with Crippen LogP contribution in [0.4, 0.5) is 14.5 Å². The summed E-state index contributed by atoms with van der Waals surface area (Å²) in [5.41, 5.74) is 2.12. The summed E-state index contributed by atoms with van der Waals surface area (Å²) in [4.78, 5) is 19.6. The molecular weight excluding hydrogens is 528 g/mol. The molecule has 0 aliphatic carbocycles. The number of ether oxygens (including phenoxy) is 2. The fourth-order valence-corrected chi connectivity index (χ4v) is 5.18. The molecular formula is C28H25F2N3O5S. The van der Waals surface area contributed by atoms with Gasteiger partial charge >= 0.3 is 0 Å². The standard InChI is InChI=1S/C28H25F2N3O5S/c1-32(39(3,35)36)26-21-5-4-12-31-25(21)27(38-16-17-6-10-20(37-2)11-7-17)24-22(26)15-33(28(24)34)14-18-8-9-19(29)13-23(18)30/h4-13H,14-16H2,1-3H3. The number of aromatic nitrogens is 1. The van der Waals surface area contributed by atoms with Gasteiger partial charge in [-0.15, -0.1) is 0 Å². The van der Waals surface area contributed by atoms with Crippen LogP contribution in [0.5, 0.6) is 11.5 Å². The molecule has 0 radical (unpaired) electrons. The molecule has 1 aliphatic heterocycles. The van der Waals surface area contributed by atoms with E-state index in [0.717, 1.165) is 28.3 Å². The lowest BCUT2D eigenvalue weighted by Crippen LogP contribution is -2.26. The lowest BCUT2D eigenvalue weighted by molar-refractivity contribution is 0.0762. The number of pyridine rings is 1. The van der Waals surface area contributed by atoms with Gasteiger partial charge in [0.25, 0.3) is 5.91 Å². The molecule has 2 heterocycles. The van der Waals surface area contributed by atoms with Gasteiger partial charge in [0.1, 0.15) is 29.5 Å². The third-order valence-electron chi connectivity index (χ3n) is 6.67. The number of methoxy groups -OCH3 is 1. The Morgan fingerprint density at radius 3 is 2.51 bits per heavy atom. The normalized spacial score (nSPS) is 13.1. The average molecular weight is 554 g/mol. The van der Waals surface area contributed by atoms with E-state index in [4.69, 9.17) is 9.47 Å². The molecule has 3 aromatic carbocycles. The molecule has 0 fully saturated rings. The zero-order valence-electron chi connectivity index (χ0n) is 21.4. The largest absolute Gasteiger partial charge is 0.497 e. The Balaban J connectivity index is 1.64. The van der Waals surface area contributed by atoms with Crippen LogP contribution in [0.1, 0.15) is 27.0 Å². The highest BCUT2D eigenvalue weighted by Crippen LogP contribution is 2.45. The van der Waals surface area contributed by atoms with Crippen LogP contribution in [0, 0.1) is 11.6 Å². The molecule has 202 valence electrons. The molecule has 8 nitrogen and oxygen atoms in total. The van der Waals surface area contributed by atoms with Crippen LogP contribution in [-0.4, -0.2) is 44.6 Å². The van der Waals surface area contributed by atoms with E-state index in [0.29, 0.717) is 27.9 Å². The average Bonchev–Trinajstić information content (AvgIpc) is 3.23. The minimum Gasteiger partial charge on any atom is -0.497 e. The van der Waals surface area contributed by atoms with Crippen molar-refractivity contribution in [3.05, 3.63) is 94.7 Å². The molecule has 0 atom stereocenters. The fraction of sp³-hybridized carbons (Fsp3) is 0.214. The topological polar surface area (TPSA) is 89.0 Å². The first kappa shape index (κ1) is 26.4. The number of carbonyl (C=O) groups excluding carboxylic acids is 1. The third-order valence-corrected chi connectivity index (χ3v) is 7.85. The zero-order chi connectivity index (χ0) is 27.9. The third kappa shape index (κ3) is 4.97. The number of fused-ring (bicyclic) bond motifs is 2. The molecule has 0 saturated carbocycles. The van der Waals surface area contributed by atoms with E-state index in [-0.39, 0.29) is 36.6 Å². The molecule has 1 aromatic heterocycles. The molecule has 11 heteroatoms. The van der Waals surface area contributed by atoms with Crippen molar-refractivity contribution >= 4 is 32.5 Å². The van der Waals surface area contributed by atoms with Gasteiger partial charge in [0.05, 0.1) is 24.6 Å². The lowest BCUT2D eigenvalue weighted by Gasteiger charge is -2.23. The second-order valence-corrected chi connectivity index (χ2v) is 11.2. The maximum absolute atomic E-state index is 14.5. The lowest BCUT2D eigenvalue weighted by atomic mass is 10.0. The van der Waals surface area contributed by atoms with Crippen LogP contribution in [0.2, 0.25) is 0 Å². The quantitative estimate of drug-likeness (QED) is 0.316. The van der Waals surface area contributed by atoms with Crippen molar-refractivity contribution in [2.45, 2.75) is 19.7 Å². The van der Waals surface area contributed by atoms with Crippen molar-refractivity contribution in [1.82, 2.24) is 9.88 Å². The highest BCUT2D eigenvalue weighted by molar-refractivity contribution is 7.92. The fourth-order valence-electron chi connectivity index (χ4n) is 4.64. The Morgan fingerprint density at radius 1 is 1.10 bits per heavy atom. The van der Waals surface area contributed by atoms with Crippen LogP contribution in [0.3, 0.4) is 0 Å². The first-order valence-corrected chi connectivity index (χ1v) is 13.8. The Morgan fingerprint density at radius 2 is 1.85 bits per heavy atom. The first-order chi connectivity index (χ1) is 18.6. The molecule has 0 N–H and O–H groups in total. The number of amides is 1. The van der Waals surface area contributed by atoms with Gasteiger partial charge in [-0.2, -0.15) is 0 Å². The van der Waals surface area contributed by atoms with Gasteiger partial charge in [-0.1, -0.05) is 18.2 Å². The molecule has 0 spiro atoms. The van der Waals surface area contributed by atoms with E-state index in [2.05, 4.69) is 4.98 Å². The molecule has 4 aromatic rings. The van der Waals surface area contributed by atoms with E-state index in [1.807, 2.05) is 12.1 Å². The number of benzene rings is 3. The Labute approximate surface area is 224 Å². The molecule has 0 saturated heterocycles. The molecule has 1 aliphatic rings. The van der Waals surface area contributed by atoms with Crippen molar-refractivity contribution in [3.8, 4) is 11.5 Å². The van der Waals surface area contributed by atoms with Crippen molar-refractivity contribution in [1.29, 1.82) is 0 Å². The monoisotopic (exact) mass is 553 g/mol. The number of rotatable bonds is 8. The second kappa shape index (κ2) is 10.1. The Bertz CT molecular complexity index is 1690. The summed E-state index contributed by atoms with van der Waals surface area (Å²) < 4.78 is 65.7. The van der Waals surface area contributed by atoms with E-state index in [9.17, 15) is 22.0 Å². The number of halogens is 2. The number of sulfonamides is 1. The maximum atomic E-state index is 14.5. The number of hydrogen-bond donors (Lipinski definition) is 0. The van der Waals surface area contributed by atoms with Crippen LogP contribution < -0.4 is 13.8 Å². The minimum atomic E-state index is -3.73. The maximum Gasteiger partial charge on any atom is 0.258 e. The van der Waals surface area contributed by atoms with E-state index < -0.39 is 27.6 Å². The minimum absolute atomic E-state index is 0.0100. The van der Waals surface area contributed by atoms with E-state index in [1.165, 1.54) is 24.2 Å². The summed E-state index contributed by atoms with van der Waals surface area (Å²) in [5, 5.41) is 0.483. The number of nitrogens with zero attached hydrogens (tertiary/aromatic N) is 3. The van der Waals surface area contributed by atoms with Crippen molar-refractivity contribution in [3.63, 3.8) is 0 Å². The Kier molecular flexibility index (Phi) is 6.85. The number of carbonyl (C=O) groups is 1. The van der Waals surface area contributed by atoms with Gasteiger partial charge < -0.3 is 14.4 Å². The number of hydrogen-bond acceptors (Lipinski definition) is 6. The summed E-state index contributed by atoms with van der Waals surface area (Å²) in [6.45, 7) is -0.0590. The van der Waals surface area contributed by atoms with Crippen LogP contribution in [-0.2, 0) is 29.7 Å². The van der Waals surface area contributed by atoms with Crippen LogP contribution in [0.25, 0.3) is 10.9 Å². The van der Waals surface area contributed by atoms with Gasteiger partial charge in [-0.25, -0.2) is 17.2 Å². The molecule has 0 unspecified atom stereocenters. The van der Waals surface area contributed by atoms with Crippen molar-refractivity contribution in [2.75, 3.05) is 24.7 Å². The van der Waals surface area contributed by atoms with Crippen LogP contribution in [0.15, 0.2) is 60.8 Å². The molecule has 39 heavy (non-hydrogen) atoms. The molecule has 1 amide bonds. The smallest absolute Gasteiger partial charge is 0.258 e. The number of anilines is 1. The van der Waals surface area contributed by atoms with Gasteiger partial charge in [0.2, 0.25) is 10.0 Å². The van der Waals surface area contributed by atoms with E-state index in [1.54, 1.807) is 31.4 Å². The SMILES string of the molecule is COc1ccc(COc2c3c(c(N(C)S(C)(=O)=O)c4cccnc24)CN(Cc2ccc(F)cc2F)C3=O)cc1. The molecule has 0 bridgehead atoms. The highest BCUT2D eigenvalue weighted by Gasteiger charge is 2.38. The Hall–Kier alpha value is -4.25. The zero-order valence-corrected chi connectivity index (χ0v) is 22.3. The summed E-state index contributed by atoms with van der Waals surface area (Å²) in [7, 11) is -0.756. The summed E-state index contributed by atoms with van der Waals surface area (Å²) in [6, 6.07) is 13.8. The second-order valence-electron chi connectivity index (χ2n) is 9.20. The summed E-state index contributed by atoms with van der Waals surface area (Å²) in [5.74, 6) is -1.10.